The highest BCUT2D eigenvalue weighted by molar-refractivity contribution is 7.71. The van der Waals surface area contributed by atoms with Crippen molar-refractivity contribution in [1.82, 2.24) is 24.6 Å². The zero-order valence-corrected chi connectivity index (χ0v) is 14.3. The second kappa shape index (κ2) is 7.68. The van der Waals surface area contributed by atoms with E-state index >= 15 is 0 Å². The number of piperazine rings is 1. The first kappa shape index (κ1) is 16.1. The highest BCUT2D eigenvalue weighted by Gasteiger charge is 2.16. The normalized spacial score (nSPS) is 17.1. The van der Waals surface area contributed by atoms with Crippen LogP contribution >= 0.6 is 12.2 Å². The van der Waals surface area contributed by atoms with Gasteiger partial charge in [-0.1, -0.05) is 43.3 Å². The molecule has 2 heterocycles. The Hall–Kier alpha value is -1.76. The van der Waals surface area contributed by atoms with Gasteiger partial charge in [-0.15, -0.1) is 0 Å². The number of aromatic nitrogens is 3. The fourth-order valence-corrected chi connectivity index (χ4v) is 2.93. The number of benzene rings is 1. The molecule has 122 valence electrons. The molecule has 1 N–H and O–H groups in total. The van der Waals surface area contributed by atoms with E-state index in [9.17, 15) is 0 Å². The lowest BCUT2D eigenvalue weighted by Crippen LogP contribution is -2.46. The molecule has 1 aromatic carbocycles. The SMILES string of the molecule is CCN1CCN(Cn2[nH]c(C=Cc3ccccc3)nc2=S)CC1. The standard InChI is InChI=1S/C17H23N5S/c1-2-20-10-12-21(13-11-20)14-22-17(23)18-16(19-22)9-8-15-6-4-3-5-7-15/h3-9H,2,10-14H2,1H3,(H,18,19,23). The van der Waals surface area contributed by atoms with Crippen molar-refractivity contribution in [2.75, 3.05) is 32.7 Å². The quantitative estimate of drug-likeness (QED) is 0.856. The molecule has 0 amide bonds. The molecule has 0 unspecified atom stereocenters. The van der Waals surface area contributed by atoms with Crippen molar-refractivity contribution >= 4 is 24.4 Å². The van der Waals surface area contributed by atoms with E-state index in [0.29, 0.717) is 4.77 Å². The van der Waals surface area contributed by atoms with Gasteiger partial charge in [0, 0.05) is 26.2 Å². The molecule has 1 fully saturated rings. The zero-order chi connectivity index (χ0) is 16.1. The van der Waals surface area contributed by atoms with Crippen molar-refractivity contribution in [3.63, 3.8) is 0 Å². The Kier molecular flexibility index (Phi) is 5.38. The largest absolute Gasteiger partial charge is 0.301 e. The van der Waals surface area contributed by atoms with Gasteiger partial charge in [-0.05, 0) is 30.4 Å². The second-order valence-corrected chi connectivity index (χ2v) is 6.12. The van der Waals surface area contributed by atoms with Gasteiger partial charge >= 0.3 is 0 Å². The second-order valence-electron chi connectivity index (χ2n) is 5.76. The van der Waals surface area contributed by atoms with Gasteiger partial charge in [0.15, 0.2) is 0 Å². The third-order valence-corrected chi connectivity index (χ3v) is 4.49. The van der Waals surface area contributed by atoms with Crippen LogP contribution in [0.2, 0.25) is 0 Å². The number of hydrogen-bond donors (Lipinski definition) is 1. The Morgan fingerprint density at radius 3 is 2.48 bits per heavy atom. The van der Waals surface area contributed by atoms with Crippen LogP contribution in [0.15, 0.2) is 30.3 Å². The highest BCUT2D eigenvalue weighted by Crippen LogP contribution is 2.07. The Labute approximate surface area is 142 Å². The number of nitrogens with one attached hydrogen (secondary N) is 1. The summed E-state index contributed by atoms with van der Waals surface area (Å²) in [6, 6.07) is 10.2. The van der Waals surface area contributed by atoms with Gasteiger partial charge in [-0.2, -0.15) is 4.98 Å². The molecule has 0 saturated carbocycles. The van der Waals surface area contributed by atoms with E-state index in [1.54, 1.807) is 0 Å². The smallest absolute Gasteiger partial charge is 0.217 e. The first-order valence-electron chi connectivity index (χ1n) is 8.09. The monoisotopic (exact) mass is 329 g/mol. The van der Waals surface area contributed by atoms with Crippen LogP contribution in [0.1, 0.15) is 18.3 Å². The lowest BCUT2D eigenvalue weighted by molar-refractivity contribution is 0.106. The fourth-order valence-electron chi connectivity index (χ4n) is 2.73. The van der Waals surface area contributed by atoms with Gasteiger partial charge in [-0.25, -0.2) is 4.68 Å². The predicted molar refractivity (Wildman–Crippen MR) is 96.5 cm³/mol. The predicted octanol–water partition coefficient (Wildman–Crippen LogP) is 2.71. The lowest BCUT2D eigenvalue weighted by atomic mass is 10.2. The summed E-state index contributed by atoms with van der Waals surface area (Å²) in [5.41, 5.74) is 1.15. The third-order valence-electron chi connectivity index (χ3n) is 4.18. The van der Waals surface area contributed by atoms with Crippen molar-refractivity contribution in [3.05, 3.63) is 46.5 Å². The van der Waals surface area contributed by atoms with Gasteiger partial charge in [0.05, 0.1) is 6.67 Å². The van der Waals surface area contributed by atoms with E-state index in [0.717, 1.165) is 50.8 Å². The van der Waals surface area contributed by atoms with Gasteiger partial charge in [-0.3, -0.25) is 10.00 Å². The topological polar surface area (TPSA) is 40.1 Å². The third kappa shape index (κ3) is 4.37. The van der Waals surface area contributed by atoms with Crippen LogP contribution in [-0.4, -0.2) is 57.3 Å². The van der Waals surface area contributed by atoms with E-state index in [2.05, 4.69) is 38.9 Å². The summed E-state index contributed by atoms with van der Waals surface area (Å²) in [5.74, 6) is 0.797. The van der Waals surface area contributed by atoms with Crippen LogP contribution < -0.4 is 0 Å². The summed E-state index contributed by atoms with van der Waals surface area (Å²) >= 11 is 5.37. The van der Waals surface area contributed by atoms with Crippen molar-refractivity contribution in [3.8, 4) is 0 Å². The average molecular weight is 329 g/mol. The Bertz CT molecular complexity index is 695. The fraction of sp³-hybridized carbons (Fsp3) is 0.412. The van der Waals surface area contributed by atoms with E-state index < -0.39 is 0 Å². The number of rotatable bonds is 5. The average Bonchev–Trinajstić information content (AvgIpc) is 2.94. The van der Waals surface area contributed by atoms with Crippen LogP contribution in [0.4, 0.5) is 0 Å². The van der Waals surface area contributed by atoms with E-state index in [1.807, 2.05) is 35.0 Å². The summed E-state index contributed by atoms with van der Waals surface area (Å²) in [6.07, 6.45) is 4.01. The summed E-state index contributed by atoms with van der Waals surface area (Å²) in [5, 5.41) is 3.28. The van der Waals surface area contributed by atoms with Crippen LogP contribution in [0.3, 0.4) is 0 Å². The Morgan fingerprint density at radius 1 is 1.09 bits per heavy atom. The first-order valence-corrected chi connectivity index (χ1v) is 8.50. The van der Waals surface area contributed by atoms with Crippen molar-refractivity contribution in [1.29, 1.82) is 0 Å². The number of nitrogens with zero attached hydrogens (tertiary/aromatic N) is 4. The van der Waals surface area contributed by atoms with Gasteiger partial charge in [0.1, 0.15) is 5.82 Å². The molecular weight excluding hydrogens is 306 g/mol. The summed E-state index contributed by atoms with van der Waals surface area (Å²) in [7, 11) is 0. The van der Waals surface area contributed by atoms with Gasteiger partial charge in [0.25, 0.3) is 0 Å². The number of hydrogen-bond acceptors (Lipinski definition) is 4. The van der Waals surface area contributed by atoms with Crippen molar-refractivity contribution in [2.24, 2.45) is 0 Å². The maximum atomic E-state index is 5.37. The van der Waals surface area contributed by atoms with E-state index in [1.165, 1.54) is 0 Å². The van der Waals surface area contributed by atoms with Crippen molar-refractivity contribution in [2.45, 2.75) is 13.6 Å². The maximum absolute atomic E-state index is 5.37. The van der Waals surface area contributed by atoms with E-state index in [-0.39, 0.29) is 0 Å². The minimum Gasteiger partial charge on any atom is -0.301 e. The molecule has 2 aromatic rings. The summed E-state index contributed by atoms with van der Waals surface area (Å²) in [6.45, 7) is 8.52. The maximum Gasteiger partial charge on any atom is 0.217 e. The minimum atomic E-state index is 0.607. The molecule has 5 nitrogen and oxygen atoms in total. The van der Waals surface area contributed by atoms with Crippen LogP contribution in [0.25, 0.3) is 12.2 Å². The molecule has 0 bridgehead atoms. The van der Waals surface area contributed by atoms with Crippen molar-refractivity contribution < 1.29 is 0 Å². The Morgan fingerprint density at radius 2 is 1.78 bits per heavy atom. The number of likely N-dealkylation sites (N-methyl/N-ethyl adjacent to an activating group) is 1. The first-order chi connectivity index (χ1) is 11.2. The highest BCUT2D eigenvalue weighted by atomic mass is 32.1. The summed E-state index contributed by atoms with van der Waals surface area (Å²) in [4.78, 5) is 9.30. The van der Waals surface area contributed by atoms with E-state index in [4.69, 9.17) is 12.2 Å². The molecule has 23 heavy (non-hydrogen) atoms. The molecule has 0 aliphatic carbocycles. The lowest BCUT2D eigenvalue weighted by Gasteiger charge is -2.33. The molecular formula is C17H23N5S. The molecule has 1 saturated heterocycles. The minimum absolute atomic E-state index is 0.607. The molecule has 0 spiro atoms. The van der Waals surface area contributed by atoms with Gasteiger partial charge in [0.2, 0.25) is 4.77 Å². The molecule has 1 aliphatic heterocycles. The number of aromatic amines is 1. The molecule has 0 atom stereocenters. The molecule has 0 radical (unpaired) electrons. The molecule has 3 rings (SSSR count). The summed E-state index contributed by atoms with van der Waals surface area (Å²) < 4.78 is 2.55. The van der Waals surface area contributed by atoms with Gasteiger partial charge < -0.3 is 4.90 Å². The van der Waals surface area contributed by atoms with Crippen LogP contribution in [-0.2, 0) is 6.67 Å². The molecule has 1 aromatic heterocycles. The number of H-pyrrole nitrogens is 1. The van der Waals surface area contributed by atoms with Crippen LogP contribution in [0.5, 0.6) is 0 Å². The molecule has 6 heteroatoms. The Balaban J connectivity index is 1.63. The zero-order valence-electron chi connectivity index (χ0n) is 13.5. The molecule has 1 aliphatic rings. The van der Waals surface area contributed by atoms with Crippen LogP contribution in [0, 0.1) is 4.77 Å².